The molecular weight excluding hydrogens is 288 g/mol. The van der Waals surface area contributed by atoms with Gasteiger partial charge in [0.1, 0.15) is 0 Å². The summed E-state index contributed by atoms with van der Waals surface area (Å²) in [5.74, 6) is 1.01. The monoisotopic (exact) mass is 318 g/mol. The summed E-state index contributed by atoms with van der Waals surface area (Å²) < 4.78 is 5.44. The minimum atomic E-state index is 0.401. The number of anilines is 1. The predicted octanol–water partition coefficient (Wildman–Crippen LogP) is 2.39. The van der Waals surface area contributed by atoms with Crippen molar-refractivity contribution < 1.29 is 4.74 Å². The molecule has 1 aromatic carbocycles. The summed E-state index contributed by atoms with van der Waals surface area (Å²) in [5, 5.41) is 3.21. The molecule has 1 aliphatic rings. The highest BCUT2D eigenvalue weighted by molar-refractivity contribution is 5.92. The number of nitrogens with zero attached hydrogens (tertiary/aromatic N) is 2. The fourth-order valence-electron chi connectivity index (χ4n) is 3.08. The van der Waals surface area contributed by atoms with E-state index in [1.165, 1.54) is 11.1 Å². The molecule has 1 fully saturated rings. The largest absolute Gasteiger partial charge is 0.379 e. The van der Waals surface area contributed by atoms with Crippen LogP contribution in [0.25, 0.3) is 0 Å². The van der Waals surface area contributed by atoms with E-state index in [-0.39, 0.29) is 0 Å². The van der Waals surface area contributed by atoms with Crippen molar-refractivity contribution in [2.24, 2.45) is 16.6 Å². The summed E-state index contributed by atoms with van der Waals surface area (Å²) in [7, 11) is 0. The number of rotatable bonds is 5. The molecule has 1 aliphatic heterocycles. The Hall–Kier alpha value is -1.59. The van der Waals surface area contributed by atoms with Gasteiger partial charge in [-0.25, -0.2) is 0 Å². The maximum absolute atomic E-state index is 6.08. The van der Waals surface area contributed by atoms with Crippen molar-refractivity contribution in [1.82, 2.24) is 4.90 Å². The first-order chi connectivity index (χ1) is 11.0. The Kier molecular flexibility index (Phi) is 6.42. The number of morpholine rings is 1. The van der Waals surface area contributed by atoms with Crippen LogP contribution in [0, 0.1) is 19.8 Å². The molecule has 0 bridgehead atoms. The molecule has 0 amide bonds. The van der Waals surface area contributed by atoms with Crippen molar-refractivity contribution in [3.63, 3.8) is 0 Å². The van der Waals surface area contributed by atoms with Crippen LogP contribution in [0.1, 0.15) is 25.0 Å². The van der Waals surface area contributed by atoms with Crippen LogP contribution < -0.4 is 11.1 Å². The molecule has 1 aromatic rings. The third-order valence-electron chi connectivity index (χ3n) is 4.23. The van der Waals surface area contributed by atoms with Crippen LogP contribution in [0.4, 0.5) is 5.69 Å². The number of hydrogen-bond acceptors (Lipinski definition) is 3. The lowest BCUT2D eigenvalue weighted by Crippen LogP contribution is -2.47. The predicted molar refractivity (Wildman–Crippen MR) is 97.0 cm³/mol. The van der Waals surface area contributed by atoms with E-state index in [0.717, 1.165) is 32.0 Å². The van der Waals surface area contributed by atoms with Crippen molar-refractivity contribution in [2.45, 2.75) is 33.7 Å². The number of aliphatic imine (C=N–C) groups is 1. The zero-order valence-electron chi connectivity index (χ0n) is 14.8. The van der Waals surface area contributed by atoms with Gasteiger partial charge in [0.05, 0.1) is 19.8 Å². The normalized spacial score (nSPS) is 18.2. The summed E-state index contributed by atoms with van der Waals surface area (Å²) in [6, 6.07) is 6.71. The van der Waals surface area contributed by atoms with Gasteiger partial charge in [0.2, 0.25) is 0 Å². The van der Waals surface area contributed by atoms with E-state index in [4.69, 9.17) is 10.5 Å². The molecule has 0 aromatic heterocycles. The SMILES string of the molecule is Cc1cc(C)cc(NC(N)=NCC(C(C)C)N2CCOCC2)c1. The van der Waals surface area contributed by atoms with Crippen LogP contribution >= 0.6 is 0 Å². The Morgan fingerprint density at radius 2 is 1.83 bits per heavy atom. The molecule has 1 unspecified atom stereocenters. The highest BCUT2D eigenvalue weighted by atomic mass is 16.5. The molecule has 3 N–H and O–H groups in total. The number of nitrogens with two attached hydrogens (primary N) is 1. The molecule has 1 heterocycles. The van der Waals surface area contributed by atoms with E-state index >= 15 is 0 Å². The Bertz CT molecular complexity index is 516. The number of benzene rings is 1. The molecule has 23 heavy (non-hydrogen) atoms. The zero-order chi connectivity index (χ0) is 16.8. The van der Waals surface area contributed by atoms with Gasteiger partial charge in [-0.2, -0.15) is 0 Å². The van der Waals surface area contributed by atoms with Gasteiger partial charge in [0.15, 0.2) is 5.96 Å². The summed E-state index contributed by atoms with van der Waals surface area (Å²) in [6.45, 7) is 12.9. The number of nitrogens with one attached hydrogen (secondary N) is 1. The van der Waals surface area contributed by atoms with Crippen LogP contribution in [0.2, 0.25) is 0 Å². The van der Waals surface area contributed by atoms with Crippen molar-refractivity contribution in [3.8, 4) is 0 Å². The fourth-order valence-corrected chi connectivity index (χ4v) is 3.08. The van der Waals surface area contributed by atoms with Crippen LogP contribution in [0.15, 0.2) is 23.2 Å². The van der Waals surface area contributed by atoms with E-state index < -0.39 is 0 Å². The van der Waals surface area contributed by atoms with Gasteiger partial charge in [0, 0.05) is 24.8 Å². The van der Waals surface area contributed by atoms with Crippen molar-refractivity contribution in [1.29, 1.82) is 0 Å². The number of aryl methyl sites for hydroxylation is 2. The van der Waals surface area contributed by atoms with E-state index in [2.05, 4.69) is 61.1 Å². The number of ether oxygens (including phenoxy) is 1. The van der Waals surface area contributed by atoms with Crippen LogP contribution in [-0.2, 0) is 4.74 Å². The van der Waals surface area contributed by atoms with Gasteiger partial charge in [-0.05, 0) is 43.0 Å². The highest BCUT2D eigenvalue weighted by Gasteiger charge is 2.23. The van der Waals surface area contributed by atoms with Gasteiger partial charge in [-0.1, -0.05) is 19.9 Å². The van der Waals surface area contributed by atoms with E-state index in [0.29, 0.717) is 24.5 Å². The highest BCUT2D eigenvalue weighted by Crippen LogP contribution is 2.15. The molecule has 128 valence electrons. The van der Waals surface area contributed by atoms with Crippen LogP contribution in [0.5, 0.6) is 0 Å². The molecule has 1 saturated heterocycles. The minimum absolute atomic E-state index is 0.401. The maximum Gasteiger partial charge on any atom is 0.193 e. The third kappa shape index (κ3) is 5.52. The second-order valence-electron chi connectivity index (χ2n) is 6.69. The number of guanidine groups is 1. The second kappa shape index (κ2) is 8.31. The molecule has 0 saturated carbocycles. The molecule has 5 nitrogen and oxygen atoms in total. The van der Waals surface area contributed by atoms with Gasteiger partial charge in [-0.15, -0.1) is 0 Å². The van der Waals surface area contributed by atoms with E-state index in [1.54, 1.807) is 0 Å². The van der Waals surface area contributed by atoms with E-state index in [9.17, 15) is 0 Å². The second-order valence-corrected chi connectivity index (χ2v) is 6.69. The first-order valence-electron chi connectivity index (χ1n) is 8.42. The van der Waals surface area contributed by atoms with Gasteiger partial charge >= 0.3 is 0 Å². The van der Waals surface area contributed by atoms with Crippen molar-refractivity contribution in [3.05, 3.63) is 29.3 Å². The molecule has 2 rings (SSSR count). The Morgan fingerprint density at radius 1 is 1.22 bits per heavy atom. The lowest BCUT2D eigenvalue weighted by Gasteiger charge is -2.36. The summed E-state index contributed by atoms with van der Waals surface area (Å²) in [4.78, 5) is 7.04. The Morgan fingerprint density at radius 3 is 2.39 bits per heavy atom. The first kappa shape index (κ1) is 17.8. The number of hydrogen-bond donors (Lipinski definition) is 2. The smallest absolute Gasteiger partial charge is 0.193 e. The lowest BCUT2D eigenvalue weighted by atomic mass is 10.0. The average Bonchev–Trinajstić information content (AvgIpc) is 2.47. The summed E-state index contributed by atoms with van der Waals surface area (Å²) >= 11 is 0. The zero-order valence-corrected chi connectivity index (χ0v) is 14.8. The summed E-state index contributed by atoms with van der Waals surface area (Å²) in [6.07, 6.45) is 0. The first-order valence-corrected chi connectivity index (χ1v) is 8.42. The Balaban J connectivity index is 1.98. The molecule has 0 radical (unpaired) electrons. The van der Waals surface area contributed by atoms with Gasteiger partial charge in [0.25, 0.3) is 0 Å². The van der Waals surface area contributed by atoms with E-state index in [1.807, 2.05) is 0 Å². The molecular formula is C18H30N4O. The van der Waals surface area contributed by atoms with Crippen molar-refractivity contribution in [2.75, 3.05) is 38.2 Å². The Labute approximate surface area is 139 Å². The van der Waals surface area contributed by atoms with Crippen LogP contribution in [0.3, 0.4) is 0 Å². The molecule has 1 atom stereocenters. The molecule has 0 aliphatic carbocycles. The van der Waals surface area contributed by atoms with Gasteiger partial charge < -0.3 is 15.8 Å². The fraction of sp³-hybridized carbons (Fsp3) is 0.611. The average molecular weight is 318 g/mol. The molecule has 5 heteroatoms. The lowest BCUT2D eigenvalue weighted by molar-refractivity contribution is 0.00870. The minimum Gasteiger partial charge on any atom is -0.379 e. The maximum atomic E-state index is 6.08. The standard InChI is InChI=1S/C18H30N4O/c1-13(2)17(22-5-7-23-8-6-22)12-20-18(19)21-16-10-14(3)9-15(4)11-16/h9-11,13,17H,5-8,12H2,1-4H3,(H3,19,20,21). The van der Waals surface area contributed by atoms with Crippen LogP contribution in [-0.4, -0.2) is 49.7 Å². The quantitative estimate of drug-likeness (QED) is 0.646. The summed E-state index contributed by atoms with van der Waals surface area (Å²) in [5.41, 5.74) is 9.51. The van der Waals surface area contributed by atoms with Gasteiger partial charge in [-0.3, -0.25) is 9.89 Å². The topological polar surface area (TPSA) is 62.9 Å². The third-order valence-corrected chi connectivity index (χ3v) is 4.23. The molecule has 0 spiro atoms. The van der Waals surface area contributed by atoms with Crippen molar-refractivity contribution >= 4 is 11.6 Å².